The summed E-state index contributed by atoms with van der Waals surface area (Å²) < 4.78 is 14.7. The number of benzene rings is 2. The minimum atomic E-state index is -0.579. The van der Waals surface area contributed by atoms with Gasteiger partial charge in [-0.05, 0) is 42.0 Å². The number of carbonyl (C=O) groups excluding carboxylic acids is 2. The van der Waals surface area contributed by atoms with Gasteiger partial charge in [-0.15, -0.1) is 0 Å². The summed E-state index contributed by atoms with van der Waals surface area (Å²) in [5, 5.41) is 4.97. The maximum atomic E-state index is 13.7. The van der Waals surface area contributed by atoms with Gasteiger partial charge < -0.3 is 10.6 Å². The third-order valence-electron chi connectivity index (χ3n) is 2.84. The highest BCUT2D eigenvalue weighted by Crippen LogP contribution is 2.20. The van der Waals surface area contributed by atoms with E-state index in [1.54, 1.807) is 6.08 Å². The predicted molar refractivity (Wildman–Crippen MR) is 92.5 cm³/mol. The quantitative estimate of drug-likeness (QED) is 0.785. The van der Waals surface area contributed by atoms with Crippen LogP contribution in [-0.4, -0.2) is 11.8 Å². The maximum Gasteiger partial charge on any atom is 0.248 e. The fraction of sp³-hybridized carbons (Fsp3) is 0.0588. The van der Waals surface area contributed by atoms with E-state index in [2.05, 4.69) is 26.6 Å². The number of carbonyl (C=O) groups is 2. The van der Waals surface area contributed by atoms with Crippen molar-refractivity contribution in [3.8, 4) is 0 Å². The fourth-order valence-corrected chi connectivity index (χ4v) is 2.09. The minimum absolute atomic E-state index is 0.00158. The Morgan fingerprint density at radius 2 is 1.78 bits per heavy atom. The summed E-state index contributed by atoms with van der Waals surface area (Å²) in [5.41, 5.74) is 1.25. The van der Waals surface area contributed by atoms with E-state index in [9.17, 15) is 14.0 Å². The van der Waals surface area contributed by atoms with Crippen molar-refractivity contribution < 1.29 is 14.0 Å². The zero-order valence-corrected chi connectivity index (χ0v) is 13.9. The monoisotopic (exact) mass is 376 g/mol. The summed E-state index contributed by atoms with van der Waals surface area (Å²) in [5.74, 6) is -1.32. The molecule has 0 aliphatic carbocycles. The molecule has 0 saturated carbocycles. The van der Waals surface area contributed by atoms with Crippen LogP contribution >= 0.6 is 15.9 Å². The zero-order valence-electron chi connectivity index (χ0n) is 12.3. The topological polar surface area (TPSA) is 58.2 Å². The largest absolute Gasteiger partial charge is 0.326 e. The Kier molecular flexibility index (Phi) is 5.65. The summed E-state index contributed by atoms with van der Waals surface area (Å²) in [6.07, 6.45) is 2.94. The predicted octanol–water partition coefficient (Wildman–Crippen LogP) is 4.20. The fourth-order valence-electron chi connectivity index (χ4n) is 1.82. The van der Waals surface area contributed by atoms with Crippen molar-refractivity contribution in [1.82, 2.24) is 0 Å². The Labute approximate surface area is 141 Å². The zero-order chi connectivity index (χ0) is 16.8. The third kappa shape index (κ3) is 5.34. The molecule has 2 N–H and O–H groups in total. The van der Waals surface area contributed by atoms with E-state index in [0.717, 1.165) is 10.0 Å². The first-order valence-corrected chi connectivity index (χ1v) is 7.55. The van der Waals surface area contributed by atoms with Gasteiger partial charge >= 0.3 is 0 Å². The lowest BCUT2D eigenvalue weighted by Gasteiger charge is -2.07. The molecular weight excluding hydrogens is 363 g/mol. The molecular formula is C17H14BrFN2O2. The lowest BCUT2D eigenvalue weighted by atomic mass is 10.2. The molecule has 4 nitrogen and oxygen atoms in total. The number of rotatable bonds is 4. The van der Waals surface area contributed by atoms with Gasteiger partial charge in [0.25, 0.3) is 0 Å². The van der Waals surface area contributed by atoms with Gasteiger partial charge in [-0.2, -0.15) is 0 Å². The van der Waals surface area contributed by atoms with Gasteiger partial charge in [0, 0.05) is 23.2 Å². The van der Waals surface area contributed by atoms with Crippen LogP contribution in [0.5, 0.6) is 0 Å². The first-order chi connectivity index (χ1) is 10.9. The van der Waals surface area contributed by atoms with E-state index >= 15 is 0 Å². The molecule has 0 aliphatic rings. The molecule has 0 saturated heterocycles. The number of hydrogen-bond acceptors (Lipinski definition) is 2. The number of hydrogen-bond donors (Lipinski definition) is 2. The van der Waals surface area contributed by atoms with E-state index < -0.39 is 11.7 Å². The van der Waals surface area contributed by atoms with Gasteiger partial charge in [0.2, 0.25) is 11.8 Å². The summed E-state index contributed by atoms with van der Waals surface area (Å²) >= 11 is 3.33. The third-order valence-corrected chi connectivity index (χ3v) is 3.37. The molecule has 0 aromatic heterocycles. The molecule has 2 aromatic rings. The lowest BCUT2D eigenvalue weighted by Crippen LogP contribution is -2.11. The van der Waals surface area contributed by atoms with Crippen LogP contribution in [-0.2, 0) is 9.59 Å². The van der Waals surface area contributed by atoms with Crippen molar-refractivity contribution in [2.45, 2.75) is 6.92 Å². The second kappa shape index (κ2) is 7.69. The number of nitrogens with one attached hydrogen (secondary N) is 2. The highest BCUT2D eigenvalue weighted by atomic mass is 79.9. The molecule has 0 atom stereocenters. The molecule has 0 heterocycles. The van der Waals surface area contributed by atoms with Crippen LogP contribution in [0.25, 0.3) is 6.08 Å². The van der Waals surface area contributed by atoms with Gasteiger partial charge in [0.05, 0.1) is 5.69 Å². The Morgan fingerprint density at radius 3 is 2.43 bits per heavy atom. The standard InChI is InChI=1S/C17H14BrFN2O2/c1-11(22)20-14-7-8-15(19)16(10-14)21-17(23)9-4-12-2-5-13(18)6-3-12/h2-10H,1H3,(H,20,22)(H,21,23). The first-order valence-electron chi connectivity index (χ1n) is 6.76. The highest BCUT2D eigenvalue weighted by molar-refractivity contribution is 9.10. The Hall–Kier alpha value is -2.47. The van der Waals surface area contributed by atoms with Crippen LogP contribution in [0, 0.1) is 5.82 Å². The first kappa shape index (κ1) is 16.9. The smallest absolute Gasteiger partial charge is 0.248 e. The second-order valence-corrected chi connectivity index (χ2v) is 5.67. The molecule has 0 spiro atoms. The molecule has 0 unspecified atom stereocenters. The summed E-state index contributed by atoms with van der Waals surface area (Å²) in [6.45, 7) is 1.35. The molecule has 0 aliphatic heterocycles. The van der Waals surface area contributed by atoms with Gasteiger partial charge in [-0.3, -0.25) is 9.59 Å². The minimum Gasteiger partial charge on any atom is -0.326 e. The van der Waals surface area contributed by atoms with Gasteiger partial charge in [0.15, 0.2) is 0 Å². The van der Waals surface area contributed by atoms with Gasteiger partial charge in [-0.1, -0.05) is 28.1 Å². The van der Waals surface area contributed by atoms with Crippen molar-refractivity contribution >= 4 is 45.2 Å². The highest BCUT2D eigenvalue weighted by Gasteiger charge is 2.07. The normalized spacial score (nSPS) is 10.6. The molecule has 2 rings (SSSR count). The number of halogens is 2. The van der Waals surface area contributed by atoms with Gasteiger partial charge in [-0.25, -0.2) is 4.39 Å². The molecule has 2 aromatic carbocycles. The molecule has 0 fully saturated rings. The number of anilines is 2. The van der Waals surface area contributed by atoms with Crippen LogP contribution in [0.4, 0.5) is 15.8 Å². The maximum absolute atomic E-state index is 13.7. The Balaban J connectivity index is 2.07. The Morgan fingerprint density at radius 1 is 1.09 bits per heavy atom. The average Bonchev–Trinajstić information content (AvgIpc) is 2.49. The Bertz CT molecular complexity index is 758. The SMILES string of the molecule is CC(=O)Nc1ccc(F)c(NC(=O)C=Cc2ccc(Br)cc2)c1. The molecule has 2 amide bonds. The summed E-state index contributed by atoms with van der Waals surface area (Å²) in [7, 11) is 0. The summed E-state index contributed by atoms with van der Waals surface area (Å²) in [6, 6.07) is 11.4. The van der Waals surface area contributed by atoms with E-state index in [-0.39, 0.29) is 11.6 Å². The average molecular weight is 377 g/mol. The molecule has 118 valence electrons. The molecule has 23 heavy (non-hydrogen) atoms. The van der Waals surface area contributed by atoms with Crippen molar-refractivity contribution in [1.29, 1.82) is 0 Å². The van der Waals surface area contributed by atoms with Crippen molar-refractivity contribution in [3.05, 3.63) is 64.4 Å². The van der Waals surface area contributed by atoms with E-state index in [1.165, 1.54) is 31.2 Å². The van der Waals surface area contributed by atoms with Gasteiger partial charge in [0.1, 0.15) is 5.82 Å². The van der Waals surface area contributed by atoms with Crippen LogP contribution < -0.4 is 10.6 Å². The van der Waals surface area contributed by atoms with Crippen LogP contribution in [0.1, 0.15) is 12.5 Å². The van der Waals surface area contributed by atoms with E-state index in [0.29, 0.717) is 5.69 Å². The van der Waals surface area contributed by atoms with Crippen molar-refractivity contribution in [3.63, 3.8) is 0 Å². The van der Waals surface area contributed by atoms with Crippen LogP contribution in [0.15, 0.2) is 53.0 Å². The van der Waals surface area contributed by atoms with Crippen molar-refractivity contribution in [2.75, 3.05) is 10.6 Å². The molecule has 6 heteroatoms. The molecule has 0 radical (unpaired) electrons. The summed E-state index contributed by atoms with van der Waals surface area (Å²) in [4.78, 5) is 22.9. The number of amides is 2. The molecule has 0 bridgehead atoms. The second-order valence-electron chi connectivity index (χ2n) is 4.75. The van der Waals surface area contributed by atoms with E-state index in [4.69, 9.17) is 0 Å². The van der Waals surface area contributed by atoms with Crippen molar-refractivity contribution in [2.24, 2.45) is 0 Å². The van der Waals surface area contributed by atoms with E-state index in [1.807, 2.05) is 24.3 Å². The lowest BCUT2D eigenvalue weighted by molar-refractivity contribution is -0.114. The van der Waals surface area contributed by atoms with Crippen LogP contribution in [0.3, 0.4) is 0 Å². The van der Waals surface area contributed by atoms with Crippen LogP contribution in [0.2, 0.25) is 0 Å².